The van der Waals surface area contributed by atoms with Gasteiger partial charge in [0.25, 0.3) is 0 Å². The third-order valence-corrected chi connectivity index (χ3v) is 2.65. The van der Waals surface area contributed by atoms with Gasteiger partial charge in [0.2, 0.25) is 0 Å². The number of aromatic nitrogens is 2. The normalized spacial score (nSPS) is 10.5. The van der Waals surface area contributed by atoms with Gasteiger partial charge in [-0.25, -0.2) is 4.98 Å². The Morgan fingerprint density at radius 1 is 1.60 bits per heavy atom. The van der Waals surface area contributed by atoms with Gasteiger partial charge in [0, 0.05) is 17.1 Å². The number of imidazole rings is 1. The molecule has 2 heterocycles. The Kier molecular flexibility index (Phi) is 2.71. The zero-order chi connectivity index (χ0) is 10.8. The summed E-state index contributed by atoms with van der Waals surface area (Å²) in [6, 6.07) is 5.88. The number of hydrogen-bond donors (Lipinski definition) is 1. The first kappa shape index (κ1) is 10.1. The summed E-state index contributed by atoms with van der Waals surface area (Å²) in [4.78, 5) is 4.24. The number of nitrogens with zero attached hydrogens (tertiary/aromatic N) is 3. The number of rotatable bonds is 2. The van der Waals surface area contributed by atoms with Gasteiger partial charge in [-0.05, 0) is 18.7 Å². The lowest BCUT2D eigenvalue weighted by Gasteiger charge is -1.98. The van der Waals surface area contributed by atoms with E-state index in [0.29, 0.717) is 18.7 Å². The monoisotopic (exact) mass is 264 g/mol. The van der Waals surface area contributed by atoms with E-state index in [9.17, 15) is 0 Å². The fourth-order valence-corrected chi connectivity index (χ4v) is 1.84. The Morgan fingerprint density at radius 3 is 3.07 bits per heavy atom. The smallest absolute Gasteiger partial charge is 0.166 e. The molecular weight excluding hydrogens is 256 g/mol. The minimum absolute atomic E-state index is 0.444. The van der Waals surface area contributed by atoms with Crippen LogP contribution in [0.4, 0.5) is 0 Å². The summed E-state index contributed by atoms with van der Waals surface area (Å²) in [5, 5.41) is 8.94. The van der Waals surface area contributed by atoms with Crippen LogP contribution in [0.25, 0.3) is 5.52 Å². The minimum atomic E-state index is 0.444. The largest absolute Gasteiger partial charge is 0.330 e. The third kappa shape index (κ3) is 1.74. The van der Waals surface area contributed by atoms with Gasteiger partial charge in [0.05, 0.1) is 5.52 Å². The molecule has 0 aliphatic rings. The summed E-state index contributed by atoms with van der Waals surface area (Å²) in [6.45, 7) is 0.528. The lowest BCUT2D eigenvalue weighted by atomic mass is 10.3. The van der Waals surface area contributed by atoms with Crippen molar-refractivity contribution in [3.63, 3.8) is 0 Å². The summed E-state index contributed by atoms with van der Waals surface area (Å²) in [7, 11) is 0. The quantitative estimate of drug-likeness (QED) is 0.894. The molecule has 2 aromatic rings. The molecule has 0 fully saturated rings. The Labute approximate surface area is 95.5 Å². The van der Waals surface area contributed by atoms with Crippen LogP contribution < -0.4 is 5.73 Å². The zero-order valence-electron chi connectivity index (χ0n) is 7.94. The molecule has 0 amide bonds. The van der Waals surface area contributed by atoms with Crippen molar-refractivity contribution in [2.75, 3.05) is 6.54 Å². The predicted molar refractivity (Wildman–Crippen MR) is 60.4 cm³/mol. The van der Waals surface area contributed by atoms with E-state index in [1.165, 1.54) is 0 Å². The van der Waals surface area contributed by atoms with Gasteiger partial charge in [-0.1, -0.05) is 15.9 Å². The second-order valence-electron chi connectivity index (χ2n) is 3.13. The molecule has 0 unspecified atom stereocenters. The van der Waals surface area contributed by atoms with Crippen molar-refractivity contribution in [1.29, 1.82) is 5.26 Å². The van der Waals surface area contributed by atoms with Gasteiger partial charge >= 0.3 is 0 Å². The molecule has 0 aromatic carbocycles. The van der Waals surface area contributed by atoms with Crippen molar-refractivity contribution in [2.24, 2.45) is 5.73 Å². The van der Waals surface area contributed by atoms with E-state index >= 15 is 0 Å². The van der Waals surface area contributed by atoms with Crippen molar-refractivity contribution in [2.45, 2.75) is 6.42 Å². The molecule has 2 N–H and O–H groups in total. The van der Waals surface area contributed by atoms with E-state index in [0.717, 1.165) is 15.8 Å². The molecule has 2 rings (SSSR count). The SMILES string of the molecule is N#Cc1nc(CCN)n2ccc(Br)cc12. The molecule has 15 heavy (non-hydrogen) atoms. The van der Waals surface area contributed by atoms with E-state index in [-0.39, 0.29) is 0 Å². The molecule has 0 saturated carbocycles. The molecule has 0 aliphatic carbocycles. The molecule has 0 radical (unpaired) electrons. The van der Waals surface area contributed by atoms with Crippen LogP contribution in [-0.4, -0.2) is 15.9 Å². The summed E-state index contributed by atoms with van der Waals surface area (Å²) in [6.07, 6.45) is 2.56. The molecule has 0 atom stereocenters. The van der Waals surface area contributed by atoms with E-state index < -0.39 is 0 Å². The highest BCUT2D eigenvalue weighted by molar-refractivity contribution is 9.10. The second-order valence-corrected chi connectivity index (χ2v) is 4.04. The van der Waals surface area contributed by atoms with Crippen molar-refractivity contribution in [1.82, 2.24) is 9.38 Å². The van der Waals surface area contributed by atoms with Crippen LogP contribution in [0.15, 0.2) is 22.8 Å². The van der Waals surface area contributed by atoms with Gasteiger partial charge in [-0.2, -0.15) is 5.26 Å². The fourth-order valence-electron chi connectivity index (χ4n) is 1.51. The van der Waals surface area contributed by atoms with Crippen LogP contribution in [0.1, 0.15) is 11.5 Å². The molecule has 4 nitrogen and oxygen atoms in total. The first-order valence-electron chi connectivity index (χ1n) is 4.53. The molecule has 2 aromatic heterocycles. The summed E-state index contributed by atoms with van der Waals surface area (Å²) >= 11 is 3.37. The molecular formula is C10H9BrN4. The van der Waals surface area contributed by atoms with Crippen LogP contribution in [-0.2, 0) is 6.42 Å². The first-order chi connectivity index (χ1) is 7.26. The predicted octanol–water partition coefficient (Wildman–Crippen LogP) is 1.47. The lowest BCUT2D eigenvalue weighted by Crippen LogP contribution is -2.06. The van der Waals surface area contributed by atoms with E-state index in [1.807, 2.05) is 22.7 Å². The fraction of sp³-hybridized carbons (Fsp3) is 0.200. The number of fused-ring (bicyclic) bond motifs is 1. The summed E-state index contributed by atoms with van der Waals surface area (Å²) in [5.74, 6) is 0.830. The van der Waals surface area contributed by atoms with Gasteiger partial charge in [-0.3, -0.25) is 0 Å². The molecule has 0 aliphatic heterocycles. The van der Waals surface area contributed by atoms with Crippen molar-refractivity contribution in [3.8, 4) is 6.07 Å². The highest BCUT2D eigenvalue weighted by Gasteiger charge is 2.09. The van der Waals surface area contributed by atoms with Crippen LogP contribution in [0.2, 0.25) is 0 Å². The Hall–Kier alpha value is -1.38. The number of hydrogen-bond acceptors (Lipinski definition) is 3. The van der Waals surface area contributed by atoms with Crippen molar-refractivity contribution in [3.05, 3.63) is 34.3 Å². The summed E-state index contributed by atoms with van der Waals surface area (Å²) in [5.41, 5.74) is 6.75. The highest BCUT2D eigenvalue weighted by Crippen LogP contribution is 2.18. The minimum Gasteiger partial charge on any atom is -0.330 e. The molecule has 0 bridgehead atoms. The maximum Gasteiger partial charge on any atom is 0.166 e. The van der Waals surface area contributed by atoms with Crippen LogP contribution in [0.5, 0.6) is 0 Å². The Morgan fingerprint density at radius 2 is 2.40 bits per heavy atom. The van der Waals surface area contributed by atoms with Crippen LogP contribution in [0.3, 0.4) is 0 Å². The Bertz CT molecular complexity index is 538. The van der Waals surface area contributed by atoms with Gasteiger partial charge < -0.3 is 10.1 Å². The third-order valence-electron chi connectivity index (χ3n) is 2.15. The van der Waals surface area contributed by atoms with E-state index in [1.54, 1.807) is 0 Å². The Balaban J connectivity index is 2.71. The van der Waals surface area contributed by atoms with Crippen LogP contribution >= 0.6 is 15.9 Å². The van der Waals surface area contributed by atoms with Crippen molar-refractivity contribution >= 4 is 21.4 Å². The number of nitrogens with two attached hydrogens (primary N) is 1. The second kappa shape index (κ2) is 4.01. The lowest BCUT2D eigenvalue weighted by molar-refractivity contribution is 0.862. The maximum atomic E-state index is 8.94. The highest BCUT2D eigenvalue weighted by atomic mass is 79.9. The zero-order valence-corrected chi connectivity index (χ0v) is 9.53. The van der Waals surface area contributed by atoms with Crippen molar-refractivity contribution < 1.29 is 0 Å². The first-order valence-corrected chi connectivity index (χ1v) is 5.32. The molecule has 5 heteroatoms. The number of pyridine rings is 1. The van der Waals surface area contributed by atoms with E-state index in [2.05, 4.69) is 27.0 Å². The molecule has 0 spiro atoms. The maximum absolute atomic E-state index is 8.94. The van der Waals surface area contributed by atoms with Gasteiger partial charge in [-0.15, -0.1) is 0 Å². The van der Waals surface area contributed by atoms with Crippen LogP contribution in [0, 0.1) is 11.3 Å². The standard InChI is InChI=1S/C10H9BrN4/c11-7-2-4-15-9(5-7)8(6-13)14-10(15)1-3-12/h2,4-5H,1,3,12H2. The molecule has 0 saturated heterocycles. The topological polar surface area (TPSA) is 67.1 Å². The number of halogens is 1. The van der Waals surface area contributed by atoms with Gasteiger partial charge in [0.1, 0.15) is 11.9 Å². The number of nitriles is 1. The average molecular weight is 265 g/mol. The van der Waals surface area contributed by atoms with Gasteiger partial charge in [0.15, 0.2) is 5.69 Å². The summed E-state index contributed by atoms with van der Waals surface area (Å²) < 4.78 is 2.83. The molecule has 76 valence electrons. The average Bonchev–Trinajstić information content (AvgIpc) is 2.56. The van der Waals surface area contributed by atoms with E-state index in [4.69, 9.17) is 11.0 Å².